The summed E-state index contributed by atoms with van der Waals surface area (Å²) < 4.78 is 5.19. The topological polar surface area (TPSA) is 78.8 Å². The van der Waals surface area contributed by atoms with Gasteiger partial charge in [-0.2, -0.15) is 0 Å². The molecule has 0 aliphatic carbocycles. The summed E-state index contributed by atoms with van der Waals surface area (Å²) in [5.74, 6) is 0. The maximum absolute atomic E-state index is 10.1. The molecule has 1 unspecified atom stereocenters. The molecule has 76 valence electrons. The second-order valence-electron chi connectivity index (χ2n) is 3.16. The lowest BCUT2D eigenvalue weighted by Crippen LogP contribution is -2.31. The van der Waals surface area contributed by atoms with Crippen molar-refractivity contribution in [2.75, 3.05) is 6.54 Å². The third-order valence-corrected chi connectivity index (χ3v) is 2.07. The largest absolute Gasteiger partial charge is 0.465 e. The third kappa shape index (κ3) is 4.10. The highest BCUT2D eigenvalue weighted by Crippen LogP contribution is 2.18. The Morgan fingerprint density at radius 1 is 1.54 bits per heavy atom. The molecule has 3 N–H and O–H groups in total. The van der Waals surface area contributed by atoms with Gasteiger partial charge in [0.2, 0.25) is 0 Å². The fourth-order valence-corrected chi connectivity index (χ4v) is 1.43. The highest BCUT2D eigenvalue weighted by molar-refractivity contribution is 5.64. The Bertz CT molecular complexity index is 174. The maximum atomic E-state index is 10.1. The fraction of sp³-hybridized carbons (Fsp3) is 0.875. The summed E-state index contributed by atoms with van der Waals surface area (Å²) in [5.41, 5.74) is 0. The van der Waals surface area contributed by atoms with Crippen molar-refractivity contribution in [3.63, 3.8) is 0 Å². The van der Waals surface area contributed by atoms with E-state index in [-0.39, 0.29) is 6.10 Å². The Labute approximate surface area is 76.7 Å². The van der Waals surface area contributed by atoms with E-state index in [4.69, 9.17) is 14.9 Å². The van der Waals surface area contributed by atoms with Gasteiger partial charge in [0, 0.05) is 6.54 Å². The van der Waals surface area contributed by atoms with Gasteiger partial charge in [-0.25, -0.2) is 4.79 Å². The quantitative estimate of drug-likeness (QED) is 0.605. The SMILES string of the molecule is O=C(O)NCC[C@@H]1CCCC(O)O1. The smallest absolute Gasteiger partial charge is 0.404 e. The van der Waals surface area contributed by atoms with Crippen LogP contribution in [0.4, 0.5) is 4.79 Å². The zero-order valence-corrected chi connectivity index (χ0v) is 7.40. The minimum absolute atomic E-state index is 0.00407. The molecular formula is C8H15NO4. The van der Waals surface area contributed by atoms with Crippen LogP contribution in [0.1, 0.15) is 25.7 Å². The van der Waals surface area contributed by atoms with Crippen LogP contribution in [0.5, 0.6) is 0 Å². The molecule has 0 aromatic rings. The minimum atomic E-state index is -1.02. The van der Waals surface area contributed by atoms with Crippen LogP contribution >= 0.6 is 0 Å². The van der Waals surface area contributed by atoms with E-state index in [0.29, 0.717) is 19.4 Å². The predicted molar refractivity (Wildman–Crippen MR) is 45.4 cm³/mol. The van der Waals surface area contributed by atoms with Gasteiger partial charge in [-0.05, 0) is 25.7 Å². The molecule has 1 heterocycles. The third-order valence-electron chi connectivity index (χ3n) is 2.07. The number of carbonyl (C=O) groups is 1. The molecule has 0 bridgehead atoms. The zero-order valence-electron chi connectivity index (χ0n) is 7.40. The molecule has 0 aromatic heterocycles. The van der Waals surface area contributed by atoms with Gasteiger partial charge in [-0.15, -0.1) is 0 Å². The first-order chi connectivity index (χ1) is 6.18. The zero-order chi connectivity index (χ0) is 9.68. The average Bonchev–Trinajstić information content (AvgIpc) is 2.03. The van der Waals surface area contributed by atoms with Crippen molar-refractivity contribution in [3.8, 4) is 0 Å². The van der Waals surface area contributed by atoms with E-state index in [2.05, 4.69) is 5.32 Å². The molecule has 1 rings (SSSR count). The van der Waals surface area contributed by atoms with Crippen LogP contribution < -0.4 is 5.32 Å². The van der Waals surface area contributed by atoms with Crippen LogP contribution in [0.2, 0.25) is 0 Å². The summed E-state index contributed by atoms with van der Waals surface area (Å²) in [4.78, 5) is 10.1. The number of amides is 1. The highest BCUT2D eigenvalue weighted by Gasteiger charge is 2.19. The molecular weight excluding hydrogens is 174 g/mol. The highest BCUT2D eigenvalue weighted by atomic mass is 16.6. The van der Waals surface area contributed by atoms with Crippen LogP contribution in [0, 0.1) is 0 Å². The van der Waals surface area contributed by atoms with Crippen molar-refractivity contribution in [3.05, 3.63) is 0 Å². The van der Waals surface area contributed by atoms with Gasteiger partial charge in [0.05, 0.1) is 6.10 Å². The Balaban J connectivity index is 2.10. The van der Waals surface area contributed by atoms with E-state index in [1.54, 1.807) is 0 Å². The Hall–Kier alpha value is -0.810. The number of ether oxygens (including phenoxy) is 1. The van der Waals surface area contributed by atoms with Crippen molar-refractivity contribution in [1.82, 2.24) is 5.32 Å². The van der Waals surface area contributed by atoms with E-state index in [1.807, 2.05) is 0 Å². The minimum Gasteiger partial charge on any atom is -0.465 e. The Morgan fingerprint density at radius 3 is 2.92 bits per heavy atom. The molecule has 1 aliphatic rings. The van der Waals surface area contributed by atoms with Crippen molar-refractivity contribution in [2.45, 2.75) is 38.1 Å². The number of rotatable bonds is 3. The maximum Gasteiger partial charge on any atom is 0.404 e. The standard InChI is InChI=1S/C8H15NO4/c10-7-3-1-2-6(13-7)4-5-9-8(11)12/h6-7,9-10H,1-5H2,(H,11,12)/t6-,7?/m0/s1. The fourth-order valence-electron chi connectivity index (χ4n) is 1.43. The van der Waals surface area contributed by atoms with Crippen LogP contribution in [0.25, 0.3) is 0 Å². The molecule has 0 aromatic carbocycles. The molecule has 0 radical (unpaired) electrons. The van der Waals surface area contributed by atoms with Gasteiger partial charge < -0.3 is 20.3 Å². The van der Waals surface area contributed by atoms with Gasteiger partial charge >= 0.3 is 6.09 Å². The van der Waals surface area contributed by atoms with E-state index in [0.717, 1.165) is 12.8 Å². The van der Waals surface area contributed by atoms with Crippen LogP contribution in [-0.2, 0) is 4.74 Å². The summed E-state index contributed by atoms with van der Waals surface area (Å²) in [6.45, 7) is 0.382. The molecule has 0 spiro atoms. The van der Waals surface area contributed by atoms with Crippen molar-refractivity contribution in [2.24, 2.45) is 0 Å². The summed E-state index contributed by atoms with van der Waals surface area (Å²) in [5, 5.41) is 19.7. The first kappa shape index (κ1) is 10.3. The number of aliphatic hydroxyl groups is 1. The second-order valence-corrected chi connectivity index (χ2v) is 3.16. The van der Waals surface area contributed by atoms with Crippen LogP contribution in [0.15, 0.2) is 0 Å². The lowest BCUT2D eigenvalue weighted by Gasteiger charge is -2.26. The lowest BCUT2D eigenvalue weighted by atomic mass is 10.1. The number of nitrogens with one attached hydrogen (secondary N) is 1. The van der Waals surface area contributed by atoms with Gasteiger partial charge in [0.1, 0.15) is 0 Å². The Morgan fingerprint density at radius 2 is 2.31 bits per heavy atom. The van der Waals surface area contributed by atoms with E-state index in [9.17, 15) is 4.79 Å². The molecule has 5 nitrogen and oxygen atoms in total. The van der Waals surface area contributed by atoms with Crippen molar-refractivity contribution in [1.29, 1.82) is 0 Å². The number of hydrogen-bond donors (Lipinski definition) is 3. The summed E-state index contributed by atoms with van der Waals surface area (Å²) in [7, 11) is 0. The molecule has 1 saturated heterocycles. The van der Waals surface area contributed by atoms with E-state index >= 15 is 0 Å². The average molecular weight is 189 g/mol. The first-order valence-electron chi connectivity index (χ1n) is 4.49. The first-order valence-corrected chi connectivity index (χ1v) is 4.49. The van der Waals surface area contributed by atoms with Crippen molar-refractivity contribution < 1.29 is 19.7 Å². The lowest BCUT2D eigenvalue weighted by molar-refractivity contribution is -0.163. The van der Waals surface area contributed by atoms with Crippen LogP contribution in [0.3, 0.4) is 0 Å². The molecule has 0 saturated carbocycles. The monoisotopic (exact) mass is 189 g/mol. The molecule has 2 atom stereocenters. The summed E-state index contributed by atoms with van der Waals surface area (Å²) in [6, 6.07) is 0. The number of carboxylic acid groups (broad SMARTS) is 1. The Kier molecular flexibility index (Phi) is 3.98. The number of aliphatic hydroxyl groups excluding tert-OH is 1. The second kappa shape index (κ2) is 5.04. The van der Waals surface area contributed by atoms with Crippen molar-refractivity contribution >= 4 is 6.09 Å². The predicted octanol–water partition coefficient (Wildman–Crippen LogP) is 0.532. The van der Waals surface area contributed by atoms with E-state index in [1.165, 1.54) is 0 Å². The van der Waals surface area contributed by atoms with Gasteiger partial charge in [0.25, 0.3) is 0 Å². The van der Waals surface area contributed by atoms with Gasteiger partial charge in [-0.1, -0.05) is 0 Å². The normalized spacial score (nSPS) is 28.4. The van der Waals surface area contributed by atoms with Gasteiger partial charge in [0.15, 0.2) is 6.29 Å². The molecule has 1 fully saturated rings. The number of hydrogen-bond acceptors (Lipinski definition) is 3. The molecule has 5 heteroatoms. The van der Waals surface area contributed by atoms with Crippen LogP contribution in [-0.4, -0.2) is 35.2 Å². The summed E-state index contributed by atoms with van der Waals surface area (Å²) in [6.07, 6.45) is 1.47. The molecule has 1 aliphatic heterocycles. The van der Waals surface area contributed by atoms with Gasteiger partial charge in [-0.3, -0.25) is 0 Å². The van der Waals surface area contributed by atoms with E-state index < -0.39 is 12.4 Å². The summed E-state index contributed by atoms with van der Waals surface area (Å²) >= 11 is 0. The molecule has 1 amide bonds. The molecule has 13 heavy (non-hydrogen) atoms.